The minimum absolute atomic E-state index is 0.472. The van der Waals surface area contributed by atoms with Crippen molar-refractivity contribution in [3.8, 4) is 0 Å². The van der Waals surface area contributed by atoms with Crippen molar-refractivity contribution in [1.82, 2.24) is 0 Å². The van der Waals surface area contributed by atoms with Gasteiger partial charge in [-0.2, -0.15) is 0 Å². The third-order valence-corrected chi connectivity index (χ3v) is 3.68. The van der Waals surface area contributed by atoms with Crippen LogP contribution in [0.4, 0.5) is 11.4 Å². The molecule has 0 spiro atoms. The number of rotatable bonds is 6. The molecule has 0 bridgehead atoms. The Morgan fingerprint density at radius 3 is 1.77 bits per heavy atom. The molecule has 0 aromatic heterocycles. The Morgan fingerprint density at radius 2 is 1.38 bits per heavy atom. The average Bonchev–Trinajstić information content (AvgIpc) is 2.61. The fourth-order valence-corrected chi connectivity index (χ4v) is 2.16. The Hall–Kier alpha value is -2.86. The summed E-state index contributed by atoms with van der Waals surface area (Å²) in [5.74, 6) is 0. The Labute approximate surface area is 155 Å². The van der Waals surface area contributed by atoms with Gasteiger partial charge in [-0.15, -0.1) is 0 Å². The molecule has 0 atom stereocenters. The van der Waals surface area contributed by atoms with E-state index in [1.165, 1.54) is 17.3 Å². The van der Waals surface area contributed by atoms with Crippen LogP contribution >= 0.6 is 0 Å². The lowest BCUT2D eigenvalue weighted by Crippen LogP contribution is -2.08. The van der Waals surface area contributed by atoms with Gasteiger partial charge in [0, 0.05) is 45.6 Å². The number of hydrogen-bond donors (Lipinski definition) is 1. The molecular formula is C20H28N4O2. The van der Waals surface area contributed by atoms with Gasteiger partial charge < -0.3 is 15.5 Å². The molecule has 2 N–H and O–H groups in total. The SMILES string of the molecule is CN(C)c1ccc(/C=C/[N+](=O)[O-])cc1.CN(C)c1ccc(CCN)cc1. The Bertz CT molecular complexity index is 693. The third kappa shape index (κ3) is 7.81. The predicted octanol–water partition coefficient (Wildman–Crippen LogP) is 3.25. The molecule has 2 aromatic carbocycles. The van der Waals surface area contributed by atoms with Gasteiger partial charge in [-0.05, 0) is 48.4 Å². The number of nitro groups is 1. The smallest absolute Gasteiger partial charge is 0.235 e. The first kappa shape index (κ1) is 21.2. The van der Waals surface area contributed by atoms with Crippen LogP contribution in [-0.4, -0.2) is 39.7 Å². The molecule has 0 heterocycles. The summed E-state index contributed by atoms with van der Waals surface area (Å²) in [5.41, 5.74) is 9.89. The van der Waals surface area contributed by atoms with Gasteiger partial charge in [0.2, 0.25) is 6.20 Å². The van der Waals surface area contributed by atoms with Gasteiger partial charge in [0.15, 0.2) is 0 Å². The van der Waals surface area contributed by atoms with Crippen molar-refractivity contribution in [2.45, 2.75) is 6.42 Å². The quantitative estimate of drug-likeness (QED) is 0.635. The van der Waals surface area contributed by atoms with E-state index < -0.39 is 4.92 Å². The van der Waals surface area contributed by atoms with Gasteiger partial charge in [-0.25, -0.2) is 0 Å². The van der Waals surface area contributed by atoms with Gasteiger partial charge >= 0.3 is 0 Å². The van der Waals surface area contributed by atoms with Crippen LogP contribution in [0.1, 0.15) is 11.1 Å². The van der Waals surface area contributed by atoms with Crippen LogP contribution in [0, 0.1) is 10.1 Å². The first-order valence-electron chi connectivity index (χ1n) is 8.39. The Balaban J connectivity index is 0.000000263. The molecule has 0 unspecified atom stereocenters. The zero-order valence-corrected chi connectivity index (χ0v) is 15.9. The molecule has 6 nitrogen and oxygen atoms in total. The number of nitrogens with two attached hydrogens (primary N) is 1. The number of anilines is 2. The molecule has 26 heavy (non-hydrogen) atoms. The molecule has 0 aliphatic rings. The highest BCUT2D eigenvalue weighted by atomic mass is 16.6. The lowest BCUT2D eigenvalue weighted by molar-refractivity contribution is -0.400. The second-order valence-corrected chi connectivity index (χ2v) is 6.19. The van der Waals surface area contributed by atoms with Gasteiger partial charge in [0.25, 0.3) is 0 Å². The lowest BCUT2D eigenvalue weighted by Gasteiger charge is -2.12. The molecule has 0 saturated heterocycles. The molecule has 0 aliphatic carbocycles. The first-order chi connectivity index (χ1) is 12.3. The Morgan fingerprint density at radius 1 is 0.923 bits per heavy atom. The van der Waals surface area contributed by atoms with Crippen LogP contribution in [0.3, 0.4) is 0 Å². The first-order valence-corrected chi connectivity index (χ1v) is 8.39. The molecule has 2 aromatic rings. The molecule has 0 fully saturated rings. The molecular weight excluding hydrogens is 328 g/mol. The zero-order chi connectivity index (χ0) is 19.5. The van der Waals surface area contributed by atoms with E-state index in [0.29, 0.717) is 0 Å². The highest BCUT2D eigenvalue weighted by Crippen LogP contribution is 2.13. The number of hydrogen-bond acceptors (Lipinski definition) is 5. The van der Waals surface area contributed by atoms with E-state index in [1.807, 2.05) is 57.4 Å². The summed E-state index contributed by atoms with van der Waals surface area (Å²) in [6.45, 7) is 0.724. The predicted molar refractivity (Wildman–Crippen MR) is 110 cm³/mol. The molecule has 140 valence electrons. The van der Waals surface area contributed by atoms with E-state index in [2.05, 4.69) is 29.2 Å². The van der Waals surface area contributed by atoms with E-state index in [4.69, 9.17) is 5.73 Å². The maximum Gasteiger partial charge on any atom is 0.235 e. The van der Waals surface area contributed by atoms with Crippen LogP contribution in [0.2, 0.25) is 0 Å². The second-order valence-electron chi connectivity index (χ2n) is 6.19. The fraction of sp³-hybridized carbons (Fsp3) is 0.300. The van der Waals surface area contributed by atoms with Crippen LogP contribution in [0.5, 0.6) is 0 Å². The van der Waals surface area contributed by atoms with Crippen molar-refractivity contribution < 1.29 is 4.92 Å². The number of nitrogens with zero attached hydrogens (tertiary/aromatic N) is 3. The summed E-state index contributed by atoms with van der Waals surface area (Å²) in [4.78, 5) is 13.6. The summed E-state index contributed by atoms with van der Waals surface area (Å²) in [6, 6.07) is 16.0. The largest absolute Gasteiger partial charge is 0.378 e. The van der Waals surface area contributed by atoms with E-state index in [-0.39, 0.29) is 0 Å². The standard InChI is InChI=1S/C10H12N2O2.C10H16N2/c1-11(2)10-5-3-9(4-6-10)7-8-12(13)14;1-12(2)10-5-3-9(4-6-10)7-8-11/h3-8H,1-2H3;3-6H,7-8,11H2,1-2H3/b8-7+;. The summed E-state index contributed by atoms with van der Waals surface area (Å²) in [7, 11) is 7.97. The monoisotopic (exact) mass is 356 g/mol. The van der Waals surface area contributed by atoms with Crippen molar-refractivity contribution in [2.24, 2.45) is 5.73 Å². The third-order valence-electron chi connectivity index (χ3n) is 3.68. The van der Waals surface area contributed by atoms with Crippen molar-refractivity contribution in [3.05, 3.63) is 76.0 Å². The van der Waals surface area contributed by atoms with E-state index in [9.17, 15) is 10.1 Å². The minimum atomic E-state index is -0.472. The minimum Gasteiger partial charge on any atom is -0.378 e. The summed E-state index contributed by atoms with van der Waals surface area (Å²) in [5, 5.41) is 10.1. The van der Waals surface area contributed by atoms with Crippen molar-refractivity contribution in [3.63, 3.8) is 0 Å². The van der Waals surface area contributed by atoms with Crippen LogP contribution in [0.15, 0.2) is 54.7 Å². The average molecular weight is 356 g/mol. The zero-order valence-electron chi connectivity index (χ0n) is 15.9. The van der Waals surface area contributed by atoms with Crippen LogP contribution in [-0.2, 0) is 6.42 Å². The van der Waals surface area contributed by atoms with Gasteiger partial charge in [-0.1, -0.05) is 24.3 Å². The van der Waals surface area contributed by atoms with Crippen LogP contribution < -0.4 is 15.5 Å². The van der Waals surface area contributed by atoms with Crippen molar-refractivity contribution in [2.75, 3.05) is 44.5 Å². The summed E-state index contributed by atoms with van der Waals surface area (Å²) < 4.78 is 0. The van der Waals surface area contributed by atoms with Crippen LogP contribution in [0.25, 0.3) is 6.08 Å². The van der Waals surface area contributed by atoms with Crippen molar-refractivity contribution >= 4 is 17.5 Å². The van der Waals surface area contributed by atoms with Gasteiger partial charge in [-0.3, -0.25) is 10.1 Å². The number of benzene rings is 2. The lowest BCUT2D eigenvalue weighted by atomic mass is 10.1. The molecule has 0 radical (unpaired) electrons. The summed E-state index contributed by atoms with van der Waals surface area (Å²) >= 11 is 0. The fourth-order valence-electron chi connectivity index (χ4n) is 2.16. The molecule has 0 amide bonds. The van der Waals surface area contributed by atoms with Gasteiger partial charge in [0.1, 0.15) is 0 Å². The molecule has 2 rings (SSSR count). The maximum atomic E-state index is 10.1. The van der Waals surface area contributed by atoms with Crippen molar-refractivity contribution in [1.29, 1.82) is 0 Å². The van der Waals surface area contributed by atoms with E-state index in [0.717, 1.165) is 30.4 Å². The highest BCUT2D eigenvalue weighted by molar-refractivity contribution is 5.54. The maximum absolute atomic E-state index is 10.1. The normalized spacial score (nSPS) is 10.2. The second kappa shape index (κ2) is 10.9. The van der Waals surface area contributed by atoms with E-state index >= 15 is 0 Å². The summed E-state index contributed by atoms with van der Waals surface area (Å²) in [6.07, 6.45) is 3.37. The van der Waals surface area contributed by atoms with E-state index in [1.54, 1.807) is 0 Å². The topological polar surface area (TPSA) is 75.6 Å². The molecule has 0 saturated carbocycles. The highest BCUT2D eigenvalue weighted by Gasteiger charge is 1.95. The molecule has 6 heteroatoms. The van der Waals surface area contributed by atoms with Gasteiger partial charge in [0.05, 0.1) is 4.92 Å². The Kier molecular flexibility index (Phi) is 8.87. The molecule has 0 aliphatic heterocycles.